The molecule has 0 N–H and O–H groups in total. The second-order valence-electron chi connectivity index (χ2n) is 1.91. The molecule has 0 radical (unpaired) electrons. The Morgan fingerprint density at radius 3 is 2.62 bits per heavy atom. The molecule has 0 spiro atoms. The molecule has 0 aromatic heterocycles. The monoisotopic (exact) mass is 112 g/mol. The molecule has 0 fully saturated rings. The first-order valence-corrected chi connectivity index (χ1v) is 2.87. The molecule has 0 rings (SSSR count). The van der Waals surface area contributed by atoms with Gasteiger partial charge in [-0.1, -0.05) is 19.1 Å². The highest BCUT2D eigenvalue weighted by atomic mass is 16.1. The lowest BCUT2D eigenvalue weighted by Gasteiger charge is -1.94. The maximum atomic E-state index is 9.86. The van der Waals surface area contributed by atoms with Crippen molar-refractivity contribution in [3.8, 4) is 0 Å². The van der Waals surface area contributed by atoms with Gasteiger partial charge in [0.1, 0.15) is 6.29 Å². The van der Waals surface area contributed by atoms with Crippen molar-refractivity contribution < 1.29 is 4.79 Å². The summed E-state index contributed by atoms with van der Waals surface area (Å²) in [5.74, 6) is 0.414. The topological polar surface area (TPSA) is 17.1 Å². The van der Waals surface area contributed by atoms with Crippen molar-refractivity contribution in [2.24, 2.45) is 5.92 Å². The standard InChI is InChI=1S/C7H12O/c1-3-4-7(2)5-6-8/h3-4,6-7H,5H2,1-2H3/b4-3+/t7-/m1/s1. The fraction of sp³-hybridized carbons (Fsp3) is 0.571. The molecule has 0 aromatic rings. The van der Waals surface area contributed by atoms with Crippen LogP contribution in [0.1, 0.15) is 20.3 Å². The number of allylic oxidation sites excluding steroid dienone is 2. The molecule has 0 unspecified atom stereocenters. The highest BCUT2D eigenvalue weighted by Crippen LogP contribution is 1.99. The summed E-state index contributed by atoms with van der Waals surface area (Å²) in [7, 11) is 0. The predicted octanol–water partition coefficient (Wildman–Crippen LogP) is 1.79. The quantitative estimate of drug-likeness (QED) is 0.402. The Balaban J connectivity index is 3.31. The van der Waals surface area contributed by atoms with E-state index in [4.69, 9.17) is 0 Å². The van der Waals surface area contributed by atoms with E-state index in [1.54, 1.807) is 0 Å². The van der Waals surface area contributed by atoms with E-state index in [2.05, 4.69) is 0 Å². The molecule has 8 heavy (non-hydrogen) atoms. The number of carbonyl (C=O) groups is 1. The molecule has 0 saturated heterocycles. The van der Waals surface area contributed by atoms with Gasteiger partial charge in [0, 0.05) is 6.42 Å². The number of hydrogen-bond donors (Lipinski definition) is 0. The van der Waals surface area contributed by atoms with Crippen LogP contribution in [-0.2, 0) is 4.79 Å². The SMILES string of the molecule is C/C=C/[C@@H](C)CC=O. The maximum absolute atomic E-state index is 9.86. The summed E-state index contributed by atoms with van der Waals surface area (Å²) in [6.45, 7) is 3.98. The van der Waals surface area contributed by atoms with Crippen molar-refractivity contribution in [3.63, 3.8) is 0 Å². The van der Waals surface area contributed by atoms with E-state index in [0.29, 0.717) is 12.3 Å². The van der Waals surface area contributed by atoms with Gasteiger partial charge in [0.25, 0.3) is 0 Å². The average molecular weight is 112 g/mol. The molecule has 0 amide bonds. The summed E-state index contributed by atoms with van der Waals surface area (Å²) in [5.41, 5.74) is 0. The molecular weight excluding hydrogens is 100 g/mol. The van der Waals surface area contributed by atoms with E-state index in [0.717, 1.165) is 6.29 Å². The third-order valence-corrected chi connectivity index (χ3v) is 0.989. The van der Waals surface area contributed by atoms with E-state index >= 15 is 0 Å². The zero-order valence-electron chi connectivity index (χ0n) is 5.42. The fourth-order valence-electron chi connectivity index (χ4n) is 0.559. The summed E-state index contributed by atoms with van der Waals surface area (Å²) < 4.78 is 0. The Bertz CT molecular complexity index is 84.4. The summed E-state index contributed by atoms with van der Waals surface area (Å²) in [6.07, 6.45) is 5.58. The molecule has 0 aliphatic rings. The van der Waals surface area contributed by atoms with Crippen LogP contribution >= 0.6 is 0 Å². The Labute approximate surface area is 50.4 Å². The van der Waals surface area contributed by atoms with Crippen molar-refractivity contribution in [2.75, 3.05) is 0 Å². The van der Waals surface area contributed by atoms with Crippen LogP contribution in [0.5, 0.6) is 0 Å². The zero-order chi connectivity index (χ0) is 6.41. The van der Waals surface area contributed by atoms with Gasteiger partial charge in [-0.25, -0.2) is 0 Å². The lowest BCUT2D eigenvalue weighted by molar-refractivity contribution is -0.108. The number of aldehydes is 1. The van der Waals surface area contributed by atoms with Crippen LogP contribution in [0.2, 0.25) is 0 Å². The highest BCUT2D eigenvalue weighted by Gasteiger charge is 1.90. The molecule has 0 aliphatic carbocycles. The second kappa shape index (κ2) is 4.57. The second-order valence-corrected chi connectivity index (χ2v) is 1.91. The first kappa shape index (κ1) is 7.41. The Kier molecular flexibility index (Phi) is 4.23. The summed E-state index contributed by atoms with van der Waals surface area (Å²) in [4.78, 5) is 9.86. The van der Waals surface area contributed by atoms with Crippen LogP contribution in [0.25, 0.3) is 0 Å². The lowest BCUT2D eigenvalue weighted by atomic mass is 10.1. The van der Waals surface area contributed by atoms with Crippen LogP contribution in [0.15, 0.2) is 12.2 Å². The third kappa shape index (κ3) is 3.59. The van der Waals surface area contributed by atoms with Gasteiger partial charge in [0.05, 0.1) is 0 Å². The minimum absolute atomic E-state index is 0.414. The van der Waals surface area contributed by atoms with E-state index in [9.17, 15) is 4.79 Å². The molecule has 1 atom stereocenters. The lowest BCUT2D eigenvalue weighted by Crippen LogP contribution is -1.88. The highest BCUT2D eigenvalue weighted by molar-refractivity contribution is 5.50. The molecule has 46 valence electrons. The van der Waals surface area contributed by atoms with Crippen LogP contribution < -0.4 is 0 Å². The van der Waals surface area contributed by atoms with Crippen molar-refractivity contribution in [2.45, 2.75) is 20.3 Å². The molecule has 0 bridgehead atoms. The Morgan fingerprint density at radius 1 is 1.62 bits per heavy atom. The Hall–Kier alpha value is -0.590. The summed E-state index contributed by atoms with van der Waals surface area (Å²) in [6, 6.07) is 0. The molecule has 1 heteroatoms. The molecule has 1 nitrogen and oxygen atoms in total. The minimum Gasteiger partial charge on any atom is -0.303 e. The van der Waals surface area contributed by atoms with E-state index < -0.39 is 0 Å². The zero-order valence-corrected chi connectivity index (χ0v) is 5.42. The first-order chi connectivity index (χ1) is 3.81. The van der Waals surface area contributed by atoms with Gasteiger partial charge in [0.15, 0.2) is 0 Å². The van der Waals surface area contributed by atoms with E-state index in [1.807, 2.05) is 26.0 Å². The van der Waals surface area contributed by atoms with Crippen molar-refractivity contribution >= 4 is 6.29 Å². The number of hydrogen-bond acceptors (Lipinski definition) is 1. The number of carbonyl (C=O) groups excluding carboxylic acids is 1. The number of rotatable bonds is 3. The van der Waals surface area contributed by atoms with Gasteiger partial charge in [-0.3, -0.25) is 0 Å². The normalized spacial score (nSPS) is 14.2. The molecule has 0 saturated carbocycles. The van der Waals surface area contributed by atoms with Gasteiger partial charge in [-0.05, 0) is 12.8 Å². The molecule has 0 heterocycles. The maximum Gasteiger partial charge on any atom is 0.120 e. The van der Waals surface area contributed by atoms with Crippen molar-refractivity contribution in [1.29, 1.82) is 0 Å². The minimum atomic E-state index is 0.414. The van der Waals surface area contributed by atoms with Gasteiger partial charge in [-0.15, -0.1) is 0 Å². The molecule has 0 aliphatic heterocycles. The third-order valence-electron chi connectivity index (χ3n) is 0.989. The van der Waals surface area contributed by atoms with Gasteiger partial charge >= 0.3 is 0 Å². The Morgan fingerprint density at radius 2 is 2.25 bits per heavy atom. The van der Waals surface area contributed by atoms with E-state index in [-0.39, 0.29) is 0 Å². The van der Waals surface area contributed by atoms with Gasteiger partial charge in [0.2, 0.25) is 0 Å². The van der Waals surface area contributed by atoms with Gasteiger partial charge in [-0.2, -0.15) is 0 Å². The summed E-state index contributed by atoms with van der Waals surface area (Å²) >= 11 is 0. The summed E-state index contributed by atoms with van der Waals surface area (Å²) in [5, 5.41) is 0. The largest absolute Gasteiger partial charge is 0.303 e. The predicted molar refractivity (Wildman–Crippen MR) is 34.7 cm³/mol. The smallest absolute Gasteiger partial charge is 0.120 e. The van der Waals surface area contributed by atoms with Gasteiger partial charge < -0.3 is 4.79 Å². The van der Waals surface area contributed by atoms with Crippen molar-refractivity contribution in [3.05, 3.63) is 12.2 Å². The van der Waals surface area contributed by atoms with E-state index in [1.165, 1.54) is 0 Å². The molecular formula is C7H12O. The van der Waals surface area contributed by atoms with Crippen LogP contribution in [0.3, 0.4) is 0 Å². The van der Waals surface area contributed by atoms with Crippen LogP contribution in [0, 0.1) is 5.92 Å². The molecule has 0 aromatic carbocycles. The van der Waals surface area contributed by atoms with Crippen molar-refractivity contribution in [1.82, 2.24) is 0 Å². The average Bonchev–Trinajstić information content (AvgIpc) is 1.68. The first-order valence-electron chi connectivity index (χ1n) is 2.87. The van der Waals surface area contributed by atoms with Crippen LogP contribution in [-0.4, -0.2) is 6.29 Å². The van der Waals surface area contributed by atoms with Crippen LogP contribution in [0.4, 0.5) is 0 Å². The fourth-order valence-corrected chi connectivity index (χ4v) is 0.559.